The van der Waals surface area contributed by atoms with Crippen LogP contribution in [-0.4, -0.2) is 24.1 Å². The second kappa shape index (κ2) is 3.30. The van der Waals surface area contributed by atoms with Crippen LogP contribution in [0, 0.1) is 10.1 Å². The van der Waals surface area contributed by atoms with Gasteiger partial charge in [0.1, 0.15) is 5.75 Å². The topological polar surface area (TPSA) is 66.6 Å². The summed E-state index contributed by atoms with van der Waals surface area (Å²) in [5.74, 6) is -0.0841. The molecule has 5 heteroatoms. The van der Waals surface area contributed by atoms with E-state index in [0.29, 0.717) is 5.69 Å². The van der Waals surface area contributed by atoms with Crippen LogP contribution in [0.1, 0.15) is 0 Å². The van der Waals surface area contributed by atoms with Crippen molar-refractivity contribution < 1.29 is 10.0 Å². The molecule has 5 nitrogen and oxygen atoms in total. The quantitative estimate of drug-likeness (QED) is 0.554. The Hall–Kier alpha value is -1.78. The fourth-order valence-electron chi connectivity index (χ4n) is 1.00. The van der Waals surface area contributed by atoms with E-state index in [1.54, 1.807) is 19.0 Å². The maximum atomic E-state index is 10.3. The highest BCUT2D eigenvalue weighted by Crippen LogP contribution is 2.29. The molecular formula is C8H10N2O3. The van der Waals surface area contributed by atoms with Crippen molar-refractivity contribution in [1.82, 2.24) is 0 Å². The van der Waals surface area contributed by atoms with Crippen molar-refractivity contribution in [3.8, 4) is 5.75 Å². The zero-order valence-electron chi connectivity index (χ0n) is 7.39. The second-order valence-corrected chi connectivity index (χ2v) is 2.82. The van der Waals surface area contributed by atoms with Crippen LogP contribution in [0.4, 0.5) is 11.4 Å². The van der Waals surface area contributed by atoms with Gasteiger partial charge < -0.3 is 10.0 Å². The van der Waals surface area contributed by atoms with Gasteiger partial charge in [0.05, 0.1) is 16.7 Å². The summed E-state index contributed by atoms with van der Waals surface area (Å²) in [5.41, 5.74) is 0.453. The van der Waals surface area contributed by atoms with Crippen molar-refractivity contribution >= 4 is 11.4 Å². The summed E-state index contributed by atoms with van der Waals surface area (Å²) in [7, 11) is 3.50. The molecule has 0 saturated carbocycles. The highest BCUT2D eigenvalue weighted by atomic mass is 16.6. The third-order valence-electron chi connectivity index (χ3n) is 1.65. The van der Waals surface area contributed by atoms with Gasteiger partial charge in [0, 0.05) is 20.2 Å². The Morgan fingerprint density at radius 1 is 1.46 bits per heavy atom. The third-order valence-corrected chi connectivity index (χ3v) is 1.65. The van der Waals surface area contributed by atoms with Crippen LogP contribution in [0.2, 0.25) is 0 Å². The predicted octanol–water partition coefficient (Wildman–Crippen LogP) is 1.37. The number of nitrogens with zero attached hydrogens (tertiary/aromatic N) is 2. The average molecular weight is 182 g/mol. The number of phenolic OH excluding ortho intramolecular Hbond substituents is 1. The molecule has 1 N–H and O–H groups in total. The average Bonchev–Trinajstić information content (AvgIpc) is 2.03. The van der Waals surface area contributed by atoms with Gasteiger partial charge in [-0.25, -0.2) is 0 Å². The summed E-state index contributed by atoms with van der Waals surface area (Å²) >= 11 is 0. The number of rotatable bonds is 2. The molecule has 0 heterocycles. The predicted molar refractivity (Wildman–Crippen MR) is 49.1 cm³/mol. The Labute approximate surface area is 75.4 Å². The molecule has 0 aliphatic heterocycles. The summed E-state index contributed by atoms with van der Waals surface area (Å²) in [6.07, 6.45) is 0. The van der Waals surface area contributed by atoms with Gasteiger partial charge >= 0.3 is 0 Å². The van der Waals surface area contributed by atoms with Crippen LogP contribution in [-0.2, 0) is 0 Å². The molecule has 0 spiro atoms. The van der Waals surface area contributed by atoms with Gasteiger partial charge in [0.15, 0.2) is 0 Å². The summed E-state index contributed by atoms with van der Waals surface area (Å²) in [6, 6.07) is 4.00. The Morgan fingerprint density at radius 3 is 2.46 bits per heavy atom. The fraction of sp³-hybridized carbons (Fsp3) is 0.250. The lowest BCUT2D eigenvalue weighted by Crippen LogP contribution is -2.08. The molecule has 1 aromatic carbocycles. The van der Waals surface area contributed by atoms with E-state index in [1.165, 1.54) is 12.1 Å². The Morgan fingerprint density at radius 2 is 2.08 bits per heavy atom. The second-order valence-electron chi connectivity index (χ2n) is 2.82. The summed E-state index contributed by atoms with van der Waals surface area (Å²) in [6.45, 7) is 0. The SMILES string of the molecule is CN(C)c1ccc([N+](=O)[O-])cc1O. The van der Waals surface area contributed by atoms with Crippen LogP contribution in [0.15, 0.2) is 18.2 Å². The van der Waals surface area contributed by atoms with Crippen LogP contribution in [0.5, 0.6) is 5.75 Å². The zero-order valence-corrected chi connectivity index (χ0v) is 7.39. The molecule has 0 fully saturated rings. The monoisotopic (exact) mass is 182 g/mol. The van der Waals surface area contributed by atoms with Gasteiger partial charge in [-0.1, -0.05) is 0 Å². The van der Waals surface area contributed by atoms with Crippen molar-refractivity contribution in [2.45, 2.75) is 0 Å². The first-order valence-corrected chi connectivity index (χ1v) is 3.67. The molecular weight excluding hydrogens is 172 g/mol. The number of phenols is 1. The van der Waals surface area contributed by atoms with E-state index in [1.807, 2.05) is 0 Å². The molecule has 70 valence electrons. The van der Waals surface area contributed by atoms with E-state index in [4.69, 9.17) is 0 Å². The van der Waals surface area contributed by atoms with E-state index in [9.17, 15) is 15.2 Å². The highest BCUT2D eigenvalue weighted by Gasteiger charge is 2.10. The van der Waals surface area contributed by atoms with Gasteiger partial charge in [-0.2, -0.15) is 0 Å². The van der Waals surface area contributed by atoms with E-state index in [0.717, 1.165) is 6.07 Å². The van der Waals surface area contributed by atoms with Crippen molar-refractivity contribution in [1.29, 1.82) is 0 Å². The Balaban J connectivity index is 3.13. The lowest BCUT2D eigenvalue weighted by molar-refractivity contribution is -0.384. The number of anilines is 1. The van der Waals surface area contributed by atoms with E-state index in [2.05, 4.69) is 0 Å². The lowest BCUT2D eigenvalue weighted by atomic mass is 10.2. The number of aromatic hydroxyl groups is 1. The van der Waals surface area contributed by atoms with Crippen LogP contribution in [0.25, 0.3) is 0 Å². The standard InChI is InChI=1S/C8H10N2O3/c1-9(2)7-4-3-6(10(12)13)5-8(7)11/h3-5,11H,1-2H3. The van der Waals surface area contributed by atoms with Gasteiger partial charge in [-0.05, 0) is 6.07 Å². The normalized spacial score (nSPS) is 9.69. The molecule has 0 bridgehead atoms. The Kier molecular flexibility index (Phi) is 2.36. The molecule has 1 rings (SSSR count). The van der Waals surface area contributed by atoms with Crippen molar-refractivity contribution in [3.05, 3.63) is 28.3 Å². The minimum atomic E-state index is -0.542. The molecule has 0 saturated heterocycles. The maximum absolute atomic E-state index is 10.3. The lowest BCUT2D eigenvalue weighted by Gasteiger charge is -2.13. The van der Waals surface area contributed by atoms with E-state index < -0.39 is 4.92 Å². The summed E-state index contributed by atoms with van der Waals surface area (Å²) < 4.78 is 0. The first-order chi connectivity index (χ1) is 6.02. The number of nitro benzene ring substituents is 1. The third kappa shape index (κ3) is 1.87. The molecule has 13 heavy (non-hydrogen) atoms. The van der Waals surface area contributed by atoms with Gasteiger partial charge in [-0.15, -0.1) is 0 Å². The first-order valence-electron chi connectivity index (χ1n) is 3.67. The number of non-ortho nitro benzene ring substituents is 1. The number of hydrogen-bond donors (Lipinski definition) is 1. The van der Waals surface area contributed by atoms with Gasteiger partial charge in [-0.3, -0.25) is 10.1 Å². The van der Waals surface area contributed by atoms with E-state index >= 15 is 0 Å². The molecule has 0 amide bonds. The minimum absolute atomic E-state index is 0.0841. The van der Waals surface area contributed by atoms with Gasteiger partial charge in [0.25, 0.3) is 5.69 Å². The van der Waals surface area contributed by atoms with Gasteiger partial charge in [0.2, 0.25) is 0 Å². The Bertz CT molecular complexity index is 336. The minimum Gasteiger partial charge on any atom is -0.506 e. The molecule has 0 aromatic heterocycles. The molecule has 0 aliphatic rings. The molecule has 0 radical (unpaired) electrons. The van der Waals surface area contributed by atoms with Crippen molar-refractivity contribution in [2.75, 3.05) is 19.0 Å². The number of nitro groups is 1. The molecule has 0 aliphatic carbocycles. The molecule has 0 atom stereocenters. The van der Waals surface area contributed by atoms with E-state index in [-0.39, 0.29) is 11.4 Å². The van der Waals surface area contributed by atoms with Crippen molar-refractivity contribution in [3.63, 3.8) is 0 Å². The van der Waals surface area contributed by atoms with Crippen molar-refractivity contribution in [2.24, 2.45) is 0 Å². The number of hydrogen-bond acceptors (Lipinski definition) is 4. The summed E-state index contributed by atoms with van der Waals surface area (Å²) in [5, 5.41) is 19.7. The number of benzene rings is 1. The fourth-order valence-corrected chi connectivity index (χ4v) is 1.00. The van der Waals surface area contributed by atoms with Crippen LogP contribution in [0.3, 0.4) is 0 Å². The smallest absolute Gasteiger partial charge is 0.273 e. The molecule has 1 aromatic rings. The van der Waals surface area contributed by atoms with Crippen LogP contribution >= 0.6 is 0 Å². The zero-order chi connectivity index (χ0) is 10.0. The summed E-state index contributed by atoms with van der Waals surface area (Å²) in [4.78, 5) is 11.5. The van der Waals surface area contributed by atoms with Crippen LogP contribution < -0.4 is 4.90 Å². The highest BCUT2D eigenvalue weighted by molar-refractivity contribution is 5.60. The maximum Gasteiger partial charge on any atom is 0.273 e. The first kappa shape index (κ1) is 9.31. The molecule has 0 unspecified atom stereocenters. The largest absolute Gasteiger partial charge is 0.506 e.